The Labute approximate surface area is 118 Å². The number of hydrogen-bond acceptors (Lipinski definition) is 3. The molecule has 2 aromatic heterocycles. The molecular weight excluding hydrogens is 252 g/mol. The Kier molecular flexibility index (Phi) is 3.57. The standard InChI is InChI=1S/C16H20N2O2/c1-11(13-5-8-20-9-6-13)16-12(2)14(10-19)15-4-3-7-17-18(15)16/h3-4,7,10-11,13H,5-6,8-9H2,1-2H3. The van der Waals surface area contributed by atoms with Crippen LogP contribution in [-0.2, 0) is 4.74 Å². The molecule has 3 heterocycles. The number of carbonyl (C=O) groups excluding carboxylic acids is 1. The summed E-state index contributed by atoms with van der Waals surface area (Å²) < 4.78 is 7.39. The molecule has 0 amide bonds. The summed E-state index contributed by atoms with van der Waals surface area (Å²) in [6.45, 7) is 5.95. The largest absolute Gasteiger partial charge is 0.381 e. The minimum Gasteiger partial charge on any atom is -0.381 e. The number of carbonyl (C=O) groups is 1. The van der Waals surface area contributed by atoms with E-state index in [2.05, 4.69) is 12.0 Å². The second kappa shape index (κ2) is 5.37. The third-order valence-electron chi connectivity index (χ3n) is 4.57. The molecule has 1 unspecified atom stereocenters. The van der Waals surface area contributed by atoms with E-state index in [0.29, 0.717) is 11.8 Å². The molecule has 1 aliphatic heterocycles. The Morgan fingerprint density at radius 2 is 2.20 bits per heavy atom. The monoisotopic (exact) mass is 272 g/mol. The lowest BCUT2D eigenvalue weighted by molar-refractivity contribution is 0.0590. The Morgan fingerprint density at radius 3 is 2.90 bits per heavy atom. The maximum atomic E-state index is 11.4. The van der Waals surface area contributed by atoms with Gasteiger partial charge in [0.05, 0.1) is 5.52 Å². The maximum Gasteiger partial charge on any atom is 0.152 e. The molecule has 0 saturated carbocycles. The van der Waals surface area contributed by atoms with Gasteiger partial charge in [0.15, 0.2) is 6.29 Å². The van der Waals surface area contributed by atoms with E-state index in [1.54, 1.807) is 6.20 Å². The molecular formula is C16H20N2O2. The Balaban J connectivity index is 2.10. The van der Waals surface area contributed by atoms with Crippen LogP contribution in [0.4, 0.5) is 0 Å². The van der Waals surface area contributed by atoms with Gasteiger partial charge in [0.2, 0.25) is 0 Å². The highest BCUT2D eigenvalue weighted by Crippen LogP contribution is 2.35. The van der Waals surface area contributed by atoms with Crippen LogP contribution in [0, 0.1) is 12.8 Å². The highest BCUT2D eigenvalue weighted by molar-refractivity contribution is 5.89. The average Bonchev–Trinajstić information content (AvgIpc) is 2.79. The second-order valence-corrected chi connectivity index (χ2v) is 5.60. The van der Waals surface area contributed by atoms with Crippen LogP contribution in [0.5, 0.6) is 0 Å². The van der Waals surface area contributed by atoms with Gasteiger partial charge in [-0.3, -0.25) is 4.79 Å². The molecule has 0 aromatic carbocycles. The van der Waals surface area contributed by atoms with E-state index in [-0.39, 0.29) is 0 Å². The molecule has 2 aromatic rings. The summed E-state index contributed by atoms with van der Waals surface area (Å²) in [7, 11) is 0. The lowest BCUT2D eigenvalue weighted by Gasteiger charge is -2.28. The number of aldehydes is 1. The first-order valence-electron chi connectivity index (χ1n) is 7.23. The molecule has 3 rings (SSSR count). The van der Waals surface area contributed by atoms with Crippen LogP contribution in [0.25, 0.3) is 5.52 Å². The van der Waals surface area contributed by atoms with Gasteiger partial charge in [-0.2, -0.15) is 5.10 Å². The van der Waals surface area contributed by atoms with Crippen LogP contribution in [0.15, 0.2) is 18.3 Å². The van der Waals surface area contributed by atoms with Gasteiger partial charge in [-0.05, 0) is 43.4 Å². The zero-order chi connectivity index (χ0) is 14.1. The summed E-state index contributed by atoms with van der Waals surface area (Å²) >= 11 is 0. The van der Waals surface area contributed by atoms with Crippen molar-refractivity contribution >= 4 is 11.8 Å². The van der Waals surface area contributed by atoms with Crippen molar-refractivity contribution in [3.8, 4) is 0 Å². The second-order valence-electron chi connectivity index (χ2n) is 5.60. The molecule has 20 heavy (non-hydrogen) atoms. The molecule has 1 aliphatic rings. The van der Waals surface area contributed by atoms with E-state index in [0.717, 1.165) is 49.0 Å². The highest BCUT2D eigenvalue weighted by atomic mass is 16.5. The van der Waals surface area contributed by atoms with Gasteiger partial charge >= 0.3 is 0 Å². The fourth-order valence-electron chi connectivity index (χ4n) is 3.38. The first-order chi connectivity index (χ1) is 9.74. The predicted octanol–water partition coefficient (Wildman–Crippen LogP) is 2.99. The molecule has 1 fully saturated rings. The minimum atomic E-state index is 0.384. The normalized spacial score (nSPS) is 18.3. The third kappa shape index (κ3) is 2.04. The molecule has 0 bridgehead atoms. The lowest BCUT2D eigenvalue weighted by Crippen LogP contribution is -2.22. The van der Waals surface area contributed by atoms with E-state index in [9.17, 15) is 4.79 Å². The highest BCUT2D eigenvalue weighted by Gasteiger charge is 2.27. The molecule has 4 heteroatoms. The zero-order valence-electron chi connectivity index (χ0n) is 12.0. The first kappa shape index (κ1) is 13.3. The molecule has 1 saturated heterocycles. The van der Waals surface area contributed by atoms with Gasteiger partial charge < -0.3 is 4.74 Å². The summed E-state index contributed by atoms with van der Waals surface area (Å²) in [5.74, 6) is 0.983. The van der Waals surface area contributed by atoms with E-state index >= 15 is 0 Å². The molecule has 0 radical (unpaired) electrons. The topological polar surface area (TPSA) is 43.6 Å². The van der Waals surface area contributed by atoms with Crippen LogP contribution in [0.3, 0.4) is 0 Å². The van der Waals surface area contributed by atoms with Crippen molar-refractivity contribution in [3.05, 3.63) is 35.2 Å². The predicted molar refractivity (Wildman–Crippen MR) is 77.3 cm³/mol. The number of hydrogen-bond donors (Lipinski definition) is 0. The van der Waals surface area contributed by atoms with Crippen LogP contribution < -0.4 is 0 Å². The molecule has 0 spiro atoms. The van der Waals surface area contributed by atoms with Gasteiger partial charge in [0.25, 0.3) is 0 Å². The SMILES string of the molecule is Cc1c(C=O)c2cccnn2c1C(C)C1CCOCC1. The van der Waals surface area contributed by atoms with E-state index in [4.69, 9.17) is 4.74 Å². The number of ether oxygens (including phenoxy) is 1. The smallest absolute Gasteiger partial charge is 0.152 e. The fraction of sp³-hybridized carbons (Fsp3) is 0.500. The van der Waals surface area contributed by atoms with Crippen LogP contribution in [-0.4, -0.2) is 29.1 Å². The van der Waals surface area contributed by atoms with E-state index in [1.807, 2.05) is 23.6 Å². The molecule has 1 atom stereocenters. The van der Waals surface area contributed by atoms with Gasteiger partial charge in [-0.25, -0.2) is 4.52 Å². The van der Waals surface area contributed by atoms with Crippen molar-refractivity contribution < 1.29 is 9.53 Å². The first-order valence-corrected chi connectivity index (χ1v) is 7.23. The van der Waals surface area contributed by atoms with Crippen LogP contribution in [0.2, 0.25) is 0 Å². The van der Waals surface area contributed by atoms with Gasteiger partial charge in [-0.1, -0.05) is 6.92 Å². The van der Waals surface area contributed by atoms with Crippen LogP contribution in [0.1, 0.15) is 47.3 Å². The van der Waals surface area contributed by atoms with E-state index in [1.165, 1.54) is 5.69 Å². The van der Waals surface area contributed by atoms with Crippen molar-refractivity contribution in [3.63, 3.8) is 0 Å². The Bertz CT molecular complexity index is 627. The lowest BCUT2D eigenvalue weighted by atomic mass is 9.84. The number of fused-ring (bicyclic) bond motifs is 1. The maximum absolute atomic E-state index is 11.4. The summed E-state index contributed by atoms with van der Waals surface area (Å²) in [6.07, 6.45) is 4.89. The van der Waals surface area contributed by atoms with Crippen LogP contribution >= 0.6 is 0 Å². The van der Waals surface area contributed by atoms with Gasteiger partial charge in [0, 0.05) is 36.6 Å². The third-order valence-corrected chi connectivity index (χ3v) is 4.57. The van der Waals surface area contributed by atoms with Gasteiger partial charge in [0.1, 0.15) is 0 Å². The van der Waals surface area contributed by atoms with Crippen molar-refractivity contribution in [2.24, 2.45) is 5.92 Å². The number of nitrogens with zero attached hydrogens (tertiary/aromatic N) is 2. The molecule has 0 aliphatic carbocycles. The van der Waals surface area contributed by atoms with Crippen molar-refractivity contribution in [1.82, 2.24) is 9.61 Å². The van der Waals surface area contributed by atoms with Crippen molar-refractivity contribution in [1.29, 1.82) is 0 Å². The summed E-state index contributed by atoms with van der Waals surface area (Å²) in [6, 6.07) is 3.84. The molecule has 4 nitrogen and oxygen atoms in total. The Morgan fingerprint density at radius 1 is 1.45 bits per heavy atom. The minimum absolute atomic E-state index is 0.384. The summed E-state index contributed by atoms with van der Waals surface area (Å²) in [4.78, 5) is 11.4. The molecule has 0 N–H and O–H groups in total. The van der Waals surface area contributed by atoms with E-state index < -0.39 is 0 Å². The number of rotatable bonds is 3. The zero-order valence-corrected chi connectivity index (χ0v) is 12.0. The molecule has 106 valence electrons. The average molecular weight is 272 g/mol. The van der Waals surface area contributed by atoms with Gasteiger partial charge in [-0.15, -0.1) is 0 Å². The quantitative estimate of drug-likeness (QED) is 0.807. The van der Waals surface area contributed by atoms with Crippen molar-refractivity contribution in [2.75, 3.05) is 13.2 Å². The fourth-order valence-corrected chi connectivity index (χ4v) is 3.38. The summed E-state index contributed by atoms with van der Waals surface area (Å²) in [5.41, 5.74) is 3.92. The summed E-state index contributed by atoms with van der Waals surface area (Å²) in [5, 5.41) is 4.45. The van der Waals surface area contributed by atoms with Crippen molar-refractivity contribution in [2.45, 2.75) is 32.6 Å². The number of aromatic nitrogens is 2. The Hall–Kier alpha value is -1.68.